The summed E-state index contributed by atoms with van der Waals surface area (Å²) in [5.41, 5.74) is 2.93. The van der Waals surface area contributed by atoms with Crippen molar-refractivity contribution in [1.82, 2.24) is 15.1 Å². The topological polar surface area (TPSA) is 70.2 Å². The highest BCUT2D eigenvalue weighted by Gasteiger charge is 2.24. The first-order valence-corrected chi connectivity index (χ1v) is 9.26. The van der Waals surface area contributed by atoms with Gasteiger partial charge in [-0.05, 0) is 56.7 Å². The number of piperidine rings is 1. The number of halogens is 1. The van der Waals surface area contributed by atoms with Crippen molar-refractivity contribution >= 4 is 35.0 Å². The maximum absolute atomic E-state index is 12.7. The molecule has 6 nitrogen and oxygen atoms in total. The molecule has 2 aromatic carbocycles. The molecule has 1 saturated heterocycles. The number of benzene rings is 2. The third-order valence-corrected chi connectivity index (χ3v) is 5.31. The van der Waals surface area contributed by atoms with Crippen molar-refractivity contribution in [2.75, 3.05) is 32.6 Å². The van der Waals surface area contributed by atoms with Crippen molar-refractivity contribution in [2.24, 2.45) is 5.92 Å². The molecule has 0 spiro atoms. The van der Waals surface area contributed by atoms with E-state index in [4.69, 9.17) is 4.74 Å². The van der Waals surface area contributed by atoms with Gasteiger partial charge in [-0.3, -0.25) is 9.89 Å². The summed E-state index contributed by atoms with van der Waals surface area (Å²) in [5.74, 6) is 1.51. The molecule has 3 aromatic rings. The van der Waals surface area contributed by atoms with Gasteiger partial charge in [0.2, 0.25) is 5.91 Å². The van der Waals surface area contributed by atoms with Gasteiger partial charge in [-0.2, -0.15) is 5.10 Å². The third-order valence-electron chi connectivity index (χ3n) is 5.31. The number of aromatic amines is 1. The summed E-state index contributed by atoms with van der Waals surface area (Å²) in [7, 11) is 3.76. The number of nitrogens with zero attached hydrogens (tertiary/aromatic N) is 2. The summed E-state index contributed by atoms with van der Waals surface area (Å²) in [5, 5.41) is 11.3. The molecule has 1 aliphatic rings. The smallest absolute Gasteiger partial charge is 0.228 e. The van der Waals surface area contributed by atoms with Gasteiger partial charge in [0.05, 0.1) is 12.6 Å². The standard InChI is InChI=1S/C21H24N4O2.ClH/c1-25-11-9-14(10-12-25)21(26)22-20-17-13-15(7-8-18(17)23-24-20)16-5-3-4-6-19(16)27-2;/h3-8,13-14H,9-12H2,1-2H3,(H2,22,23,24,26);1H. The van der Waals surface area contributed by atoms with Gasteiger partial charge in [-0.15, -0.1) is 12.4 Å². The fourth-order valence-corrected chi connectivity index (χ4v) is 3.65. The monoisotopic (exact) mass is 400 g/mol. The van der Waals surface area contributed by atoms with Crippen LogP contribution < -0.4 is 10.1 Å². The lowest BCUT2D eigenvalue weighted by molar-refractivity contribution is -0.121. The number of hydrogen-bond donors (Lipinski definition) is 2. The Morgan fingerprint density at radius 2 is 1.96 bits per heavy atom. The van der Waals surface area contributed by atoms with E-state index in [1.165, 1.54) is 0 Å². The number of likely N-dealkylation sites (tertiary alicyclic amines) is 1. The van der Waals surface area contributed by atoms with Crippen LogP contribution in [0.25, 0.3) is 22.0 Å². The number of amides is 1. The van der Waals surface area contributed by atoms with Gasteiger partial charge in [0, 0.05) is 16.9 Å². The van der Waals surface area contributed by atoms with Gasteiger partial charge in [0.15, 0.2) is 5.82 Å². The number of hydrogen-bond acceptors (Lipinski definition) is 4. The molecule has 28 heavy (non-hydrogen) atoms. The van der Waals surface area contributed by atoms with Gasteiger partial charge in [-0.25, -0.2) is 0 Å². The minimum absolute atomic E-state index is 0. The second kappa shape index (κ2) is 8.63. The Bertz CT molecular complexity index is 964. The number of para-hydroxylation sites is 1. The van der Waals surface area contributed by atoms with Crippen LogP contribution in [0.3, 0.4) is 0 Å². The minimum Gasteiger partial charge on any atom is -0.496 e. The number of rotatable bonds is 4. The highest BCUT2D eigenvalue weighted by atomic mass is 35.5. The maximum Gasteiger partial charge on any atom is 0.228 e. The zero-order chi connectivity index (χ0) is 18.8. The Kier molecular flexibility index (Phi) is 6.21. The molecule has 0 aliphatic carbocycles. The molecule has 7 heteroatoms. The molecule has 0 radical (unpaired) electrons. The van der Waals surface area contributed by atoms with Crippen molar-refractivity contribution < 1.29 is 9.53 Å². The highest BCUT2D eigenvalue weighted by Crippen LogP contribution is 2.33. The Labute approximate surface area is 170 Å². The molecular formula is C21H25ClN4O2. The number of H-pyrrole nitrogens is 1. The Balaban J connectivity index is 0.00000225. The van der Waals surface area contributed by atoms with Crippen molar-refractivity contribution in [1.29, 1.82) is 0 Å². The Hall–Kier alpha value is -2.57. The number of carbonyl (C=O) groups is 1. The van der Waals surface area contributed by atoms with Crippen LogP contribution in [0, 0.1) is 5.92 Å². The van der Waals surface area contributed by atoms with Gasteiger partial charge in [0.25, 0.3) is 0 Å². The molecule has 2 heterocycles. The van der Waals surface area contributed by atoms with E-state index < -0.39 is 0 Å². The summed E-state index contributed by atoms with van der Waals surface area (Å²) in [6, 6.07) is 14.0. The SMILES string of the molecule is COc1ccccc1-c1ccc2[nH]nc(NC(=O)C3CCN(C)CC3)c2c1.Cl. The lowest BCUT2D eigenvalue weighted by atomic mass is 9.96. The average Bonchev–Trinajstić information content (AvgIpc) is 3.10. The number of aromatic nitrogens is 2. The van der Waals surface area contributed by atoms with E-state index in [-0.39, 0.29) is 24.2 Å². The first-order valence-electron chi connectivity index (χ1n) is 9.26. The van der Waals surface area contributed by atoms with Gasteiger partial charge in [0.1, 0.15) is 5.75 Å². The van der Waals surface area contributed by atoms with Crippen molar-refractivity contribution in [3.05, 3.63) is 42.5 Å². The maximum atomic E-state index is 12.7. The van der Waals surface area contributed by atoms with E-state index in [0.717, 1.165) is 53.7 Å². The Morgan fingerprint density at radius 1 is 1.21 bits per heavy atom. The molecule has 4 rings (SSSR count). The normalized spacial score (nSPS) is 15.2. The van der Waals surface area contributed by atoms with E-state index in [0.29, 0.717) is 5.82 Å². The predicted octanol–water partition coefficient (Wildman–Crippen LogP) is 3.94. The van der Waals surface area contributed by atoms with Gasteiger partial charge in [-0.1, -0.05) is 24.3 Å². The first kappa shape index (κ1) is 20.2. The van der Waals surface area contributed by atoms with Crippen molar-refractivity contribution in [3.8, 4) is 16.9 Å². The van der Waals surface area contributed by atoms with Crippen LogP contribution in [0.4, 0.5) is 5.82 Å². The molecule has 0 saturated carbocycles. The molecule has 1 amide bonds. The Morgan fingerprint density at radius 3 is 2.71 bits per heavy atom. The fourth-order valence-electron chi connectivity index (χ4n) is 3.65. The van der Waals surface area contributed by atoms with Crippen molar-refractivity contribution in [3.63, 3.8) is 0 Å². The summed E-state index contributed by atoms with van der Waals surface area (Å²) in [4.78, 5) is 14.9. The summed E-state index contributed by atoms with van der Waals surface area (Å²) >= 11 is 0. The average molecular weight is 401 g/mol. The second-order valence-electron chi connectivity index (χ2n) is 7.10. The van der Waals surface area contributed by atoms with E-state index in [9.17, 15) is 4.79 Å². The van der Waals surface area contributed by atoms with Gasteiger partial charge >= 0.3 is 0 Å². The largest absolute Gasteiger partial charge is 0.496 e. The van der Waals surface area contributed by atoms with E-state index in [1.807, 2.05) is 42.5 Å². The van der Waals surface area contributed by atoms with E-state index in [1.54, 1.807) is 7.11 Å². The number of anilines is 1. The number of nitrogens with one attached hydrogen (secondary N) is 2. The van der Waals surface area contributed by atoms with E-state index >= 15 is 0 Å². The van der Waals surface area contributed by atoms with Crippen LogP contribution in [0.15, 0.2) is 42.5 Å². The lowest BCUT2D eigenvalue weighted by Gasteiger charge is -2.27. The van der Waals surface area contributed by atoms with Crippen LogP contribution in [-0.2, 0) is 4.79 Å². The number of fused-ring (bicyclic) bond motifs is 1. The predicted molar refractivity (Wildman–Crippen MR) is 114 cm³/mol. The summed E-state index contributed by atoms with van der Waals surface area (Å²) in [6.45, 7) is 1.91. The van der Waals surface area contributed by atoms with Crippen LogP contribution >= 0.6 is 12.4 Å². The number of carbonyl (C=O) groups excluding carboxylic acids is 1. The highest BCUT2D eigenvalue weighted by molar-refractivity contribution is 6.01. The summed E-state index contributed by atoms with van der Waals surface area (Å²) in [6.07, 6.45) is 1.77. The quantitative estimate of drug-likeness (QED) is 0.695. The minimum atomic E-state index is 0. The third kappa shape index (κ3) is 3.98. The molecule has 1 aliphatic heterocycles. The van der Waals surface area contributed by atoms with E-state index in [2.05, 4.69) is 27.5 Å². The molecule has 148 valence electrons. The fraction of sp³-hybridized carbons (Fsp3) is 0.333. The first-order chi connectivity index (χ1) is 13.2. The van der Waals surface area contributed by atoms with Crippen LogP contribution in [0.1, 0.15) is 12.8 Å². The zero-order valence-corrected chi connectivity index (χ0v) is 16.9. The summed E-state index contributed by atoms with van der Waals surface area (Å²) < 4.78 is 5.48. The molecule has 2 N–H and O–H groups in total. The molecule has 0 unspecified atom stereocenters. The van der Waals surface area contributed by atoms with Crippen LogP contribution in [0.2, 0.25) is 0 Å². The molecule has 0 atom stereocenters. The van der Waals surface area contributed by atoms with Crippen molar-refractivity contribution in [2.45, 2.75) is 12.8 Å². The molecular weight excluding hydrogens is 376 g/mol. The van der Waals surface area contributed by atoms with Crippen LogP contribution in [0.5, 0.6) is 5.75 Å². The zero-order valence-electron chi connectivity index (χ0n) is 16.1. The lowest BCUT2D eigenvalue weighted by Crippen LogP contribution is -2.36. The second-order valence-corrected chi connectivity index (χ2v) is 7.10. The number of methoxy groups -OCH3 is 1. The van der Waals surface area contributed by atoms with Gasteiger partial charge < -0.3 is 15.0 Å². The molecule has 1 aromatic heterocycles. The van der Waals surface area contributed by atoms with Crippen LogP contribution in [-0.4, -0.2) is 48.3 Å². The molecule has 0 bridgehead atoms. The molecule has 1 fully saturated rings. The number of ether oxygens (including phenoxy) is 1.